The lowest BCUT2D eigenvalue weighted by molar-refractivity contribution is 0.0996. The first-order valence-corrected chi connectivity index (χ1v) is 5.32. The fraction of sp³-hybridized carbons (Fsp3) is 0. The number of carbonyl (C=O) groups is 1. The smallest absolute Gasteiger partial charge is 0.291 e. The number of furan rings is 1. The third-order valence-corrected chi connectivity index (χ3v) is 2.39. The lowest BCUT2D eigenvalue weighted by Gasteiger charge is -2.05. The highest BCUT2D eigenvalue weighted by molar-refractivity contribution is 7.80. The van der Waals surface area contributed by atoms with Crippen molar-refractivity contribution in [3.05, 3.63) is 54.0 Å². The molecule has 0 aliphatic carbocycles. The van der Waals surface area contributed by atoms with Crippen molar-refractivity contribution in [2.24, 2.45) is 5.73 Å². The molecule has 0 unspecified atom stereocenters. The second-order valence-electron chi connectivity index (χ2n) is 3.38. The van der Waals surface area contributed by atoms with Gasteiger partial charge in [-0.15, -0.1) is 0 Å². The van der Waals surface area contributed by atoms with Crippen molar-refractivity contribution < 1.29 is 9.21 Å². The van der Waals surface area contributed by atoms with E-state index < -0.39 is 0 Å². The summed E-state index contributed by atoms with van der Waals surface area (Å²) in [6.45, 7) is 0. The summed E-state index contributed by atoms with van der Waals surface area (Å²) in [6.07, 6.45) is 1.44. The van der Waals surface area contributed by atoms with Gasteiger partial charge in [-0.25, -0.2) is 0 Å². The summed E-state index contributed by atoms with van der Waals surface area (Å²) in [5.74, 6) is -0.0548. The first kappa shape index (κ1) is 11.3. The van der Waals surface area contributed by atoms with E-state index in [0.29, 0.717) is 16.2 Å². The number of benzene rings is 1. The molecule has 17 heavy (non-hydrogen) atoms. The van der Waals surface area contributed by atoms with Crippen molar-refractivity contribution in [3.8, 4) is 0 Å². The van der Waals surface area contributed by atoms with Gasteiger partial charge in [-0.05, 0) is 24.3 Å². The van der Waals surface area contributed by atoms with Crippen LogP contribution < -0.4 is 11.1 Å². The van der Waals surface area contributed by atoms with Gasteiger partial charge in [0.05, 0.1) is 6.26 Å². The van der Waals surface area contributed by atoms with E-state index >= 15 is 0 Å². The summed E-state index contributed by atoms with van der Waals surface area (Å²) in [5, 5.41) is 2.69. The number of hydrogen-bond donors (Lipinski definition) is 2. The van der Waals surface area contributed by atoms with Gasteiger partial charge in [0.25, 0.3) is 5.91 Å². The van der Waals surface area contributed by atoms with Gasteiger partial charge in [-0.1, -0.05) is 24.4 Å². The first-order valence-electron chi connectivity index (χ1n) is 4.91. The zero-order chi connectivity index (χ0) is 12.3. The number of amides is 1. The summed E-state index contributed by atoms with van der Waals surface area (Å²) in [6, 6.07) is 10.3. The Morgan fingerprint density at radius 1 is 1.29 bits per heavy atom. The summed E-state index contributed by atoms with van der Waals surface area (Å²) in [4.78, 5) is 12.0. The Morgan fingerprint density at radius 2 is 2.12 bits per heavy atom. The molecule has 4 nitrogen and oxygen atoms in total. The molecule has 0 bridgehead atoms. The Hall–Kier alpha value is -2.14. The highest BCUT2D eigenvalue weighted by Gasteiger charge is 2.08. The molecule has 5 heteroatoms. The van der Waals surface area contributed by atoms with E-state index in [0.717, 1.165) is 0 Å². The zero-order valence-electron chi connectivity index (χ0n) is 8.84. The maximum atomic E-state index is 11.7. The van der Waals surface area contributed by atoms with Crippen molar-refractivity contribution in [3.63, 3.8) is 0 Å². The maximum absolute atomic E-state index is 11.7. The average molecular weight is 246 g/mol. The van der Waals surface area contributed by atoms with Gasteiger partial charge in [0.2, 0.25) is 0 Å². The molecule has 0 aliphatic rings. The van der Waals surface area contributed by atoms with Crippen LogP contribution in [0.4, 0.5) is 5.69 Å². The van der Waals surface area contributed by atoms with Gasteiger partial charge in [0.15, 0.2) is 5.76 Å². The second-order valence-corrected chi connectivity index (χ2v) is 3.82. The molecule has 0 atom stereocenters. The Kier molecular flexibility index (Phi) is 3.20. The van der Waals surface area contributed by atoms with Crippen LogP contribution in [0.5, 0.6) is 0 Å². The van der Waals surface area contributed by atoms with Crippen molar-refractivity contribution in [2.75, 3.05) is 5.32 Å². The number of thiocarbonyl (C=S) groups is 1. The first-order chi connectivity index (χ1) is 8.16. The summed E-state index contributed by atoms with van der Waals surface area (Å²) in [7, 11) is 0. The minimum Gasteiger partial charge on any atom is -0.459 e. The molecule has 0 spiro atoms. The molecule has 1 amide bonds. The van der Waals surface area contributed by atoms with E-state index in [2.05, 4.69) is 5.32 Å². The van der Waals surface area contributed by atoms with E-state index in [4.69, 9.17) is 22.4 Å². The average Bonchev–Trinajstić information content (AvgIpc) is 2.82. The van der Waals surface area contributed by atoms with Crippen LogP contribution in [0.1, 0.15) is 16.1 Å². The molecule has 2 aromatic rings. The number of nitrogens with two attached hydrogens (primary N) is 1. The number of rotatable bonds is 3. The van der Waals surface area contributed by atoms with E-state index in [9.17, 15) is 4.79 Å². The van der Waals surface area contributed by atoms with Crippen molar-refractivity contribution >= 4 is 28.8 Å². The van der Waals surface area contributed by atoms with Crippen LogP contribution in [0.15, 0.2) is 47.1 Å². The van der Waals surface area contributed by atoms with Gasteiger partial charge in [0.1, 0.15) is 4.99 Å². The Bertz CT molecular complexity index is 549. The van der Waals surface area contributed by atoms with Crippen LogP contribution in [0, 0.1) is 0 Å². The van der Waals surface area contributed by atoms with E-state index in [1.54, 1.807) is 36.4 Å². The van der Waals surface area contributed by atoms with E-state index in [-0.39, 0.29) is 11.7 Å². The van der Waals surface area contributed by atoms with Crippen LogP contribution in [-0.2, 0) is 0 Å². The van der Waals surface area contributed by atoms with E-state index in [1.807, 2.05) is 0 Å². The lowest BCUT2D eigenvalue weighted by Crippen LogP contribution is -2.13. The van der Waals surface area contributed by atoms with E-state index in [1.165, 1.54) is 6.26 Å². The standard InChI is InChI=1S/C12H10N2O2S/c13-11(17)8-3-1-4-9(7-8)14-12(15)10-5-2-6-16-10/h1-7H,(H2,13,17)(H,14,15). The molecule has 0 radical (unpaired) electrons. The molecule has 86 valence electrons. The third kappa shape index (κ3) is 2.70. The zero-order valence-corrected chi connectivity index (χ0v) is 9.66. The molecule has 3 N–H and O–H groups in total. The Morgan fingerprint density at radius 3 is 2.76 bits per heavy atom. The fourth-order valence-corrected chi connectivity index (χ4v) is 1.48. The number of hydrogen-bond acceptors (Lipinski definition) is 3. The topological polar surface area (TPSA) is 68.3 Å². The van der Waals surface area contributed by atoms with Crippen molar-refractivity contribution in [1.29, 1.82) is 0 Å². The van der Waals surface area contributed by atoms with Gasteiger partial charge >= 0.3 is 0 Å². The molecule has 1 aromatic heterocycles. The largest absolute Gasteiger partial charge is 0.459 e. The van der Waals surface area contributed by atoms with Crippen LogP contribution in [0.25, 0.3) is 0 Å². The van der Waals surface area contributed by atoms with Crippen LogP contribution in [-0.4, -0.2) is 10.9 Å². The van der Waals surface area contributed by atoms with Crippen molar-refractivity contribution in [2.45, 2.75) is 0 Å². The molecule has 0 saturated carbocycles. The SMILES string of the molecule is NC(=S)c1cccc(NC(=O)c2ccco2)c1. The molecule has 1 aromatic carbocycles. The van der Waals surface area contributed by atoms with Crippen LogP contribution in [0.2, 0.25) is 0 Å². The molecular weight excluding hydrogens is 236 g/mol. The lowest BCUT2D eigenvalue weighted by atomic mass is 10.2. The molecule has 2 rings (SSSR count). The number of carbonyl (C=O) groups excluding carboxylic acids is 1. The molecule has 0 fully saturated rings. The Labute approximate surface area is 103 Å². The molecule has 0 aliphatic heterocycles. The minimum absolute atomic E-state index is 0.255. The molecule has 1 heterocycles. The summed E-state index contributed by atoms with van der Waals surface area (Å²) >= 11 is 4.86. The maximum Gasteiger partial charge on any atom is 0.291 e. The molecule has 0 saturated heterocycles. The highest BCUT2D eigenvalue weighted by Crippen LogP contribution is 2.12. The fourth-order valence-electron chi connectivity index (χ4n) is 1.35. The van der Waals surface area contributed by atoms with Gasteiger partial charge in [-0.2, -0.15) is 0 Å². The van der Waals surface area contributed by atoms with Crippen molar-refractivity contribution in [1.82, 2.24) is 0 Å². The van der Waals surface area contributed by atoms with Gasteiger partial charge in [0, 0.05) is 11.3 Å². The minimum atomic E-state index is -0.310. The van der Waals surface area contributed by atoms with Crippen LogP contribution >= 0.6 is 12.2 Å². The normalized spacial score (nSPS) is 9.88. The number of anilines is 1. The number of nitrogens with one attached hydrogen (secondary N) is 1. The summed E-state index contributed by atoms with van der Waals surface area (Å²) < 4.78 is 4.98. The molecular formula is C12H10N2O2S. The second kappa shape index (κ2) is 4.80. The Balaban J connectivity index is 2.16. The third-order valence-electron chi connectivity index (χ3n) is 2.15. The predicted molar refractivity (Wildman–Crippen MR) is 69.0 cm³/mol. The van der Waals surface area contributed by atoms with Crippen LogP contribution in [0.3, 0.4) is 0 Å². The summed E-state index contributed by atoms with van der Waals surface area (Å²) in [5.41, 5.74) is 6.84. The van der Waals surface area contributed by atoms with Gasteiger partial charge in [-0.3, -0.25) is 4.79 Å². The quantitative estimate of drug-likeness (QED) is 0.814. The van der Waals surface area contributed by atoms with Gasteiger partial charge < -0.3 is 15.5 Å². The monoisotopic (exact) mass is 246 g/mol. The highest BCUT2D eigenvalue weighted by atomic mass is 32.1. The predicted octanol–water partition coefficient (Wildman–Crippen LogP) is 2.17.